The van der Waals surface area contributed by atoms with Crippen molar-refractivity contribution in [3.63, 3.8) is 0 Å². The third-order valence-corrected chi connectivity index (χ3v) is 4.01. The van der Waals surface area contributed by atoms with Crippen molar-refractivity contribution in [3.8, 4) is 11.5 Å². The Hall–Kier alpha value is -3.35. The van der Waals surface area contributed by atoms with Crippen molar-refractivity contribution in [1.82, 2.24) is 4.90 Å². The van der Waals surface area contributed by atoms with Crippen molar-refractivity contribution in [1.29, 1.82) is 0 Å². The molecular formula is C20H20N2O5. The third kappa shape index (κ3) is 3.76. The van der Waals surface area contributed by atoms with E-state index in [1.165, 1.54) is 0 Å². The predicted octanol–water partition coefficient (Wildman–Crippen LogP) is 2.72. The minimum Gasteiger partial charge on any atom is -0.490 e. The topological polar surface area (TPSA) is 84.9 Å². The predicted molar refractivity (Wildman–Crippen MR) is 99.2 cm³/mol. The number of hydrogen-bond donors (Lipinski definition) is 1. The number of carbonyl (C=O) groups excluding carboxylic acids is 3. The van der Waals surface area contributed by atoms with Crippen LogP contribution in [0, 0.1) is 0 Å². The molecule has 1 heterocycles. The SMILES string of the molecule is CCOc1ccc(NC(=O)CN2C(=O)c3ccccc3C2=O)cc1OCC. The third-order valence-electron chi connectivity index (χ3n) is 4.01. The van der Waals surface area contributed by atoms with Gasteiger partial charge in [0.2, 0.25) is 5.91 Å². The second-order valence-corrected chi connectivity index (χ2v) is 5.82. The van der Waals surface area contributed by atoms with Crippen LogP contribution in [0.1, 0.15) is 34.6 Å². The molecule has 0 fully saturated rings. The zero-order valence-corrected chi connectivity index (χ0v) is 15.2. The molecule has 140 valence electrons. The van der Waals surface area contributed by atoms with E-state index in [9.17, 15) is 14.4 Å². The largest absolute Gasteiger partial charge is 0.490 e. The molecule has 0 atom stereocenters. The van der Waals surface area contributed by atoms with Gasteiger partial charge in [-0.1, -0.05) is 12.1 Å². The fraction of sp³-hybridized carbons (Fsp3) is 0.250. The molecule has 0 unspecified atom stereocenters. The van der Waals surface area contributed by atoms with Gasteiger partial charge in [0.05, 0.1) is 24.3 Å². The Kier molecular flexibility index (Phi) is 5.40. The van der Waals surface area contributed by atoms with E-state index in [0.29, 0.717) is 41.5 Å². The van der Waals surface area contributed by atoms with Crippen molar-refractivity contribution >= 4 is 23.4 Å². The van der Waals surface area contributed by atoms with Crippen molar-refractivity contribution in [2.24, 2.45) is 0 Å². The second-order valence-electron chi connectivity index (χ2n) is 5.82. The molecule has 0 spiro atoms. The second kappa shape index (κ2) is 7.90. The van der Waals surface area contributed by atoms with Crippen LogP contribution in [0.4, 0.5) is 5.69 Å². The first-order chi connectivity index (χ1) is 13.0. The van der Waals surface area contributed by atoms with Crippen LogP contribution in [-0.4, -0.2) is 42.4 Å². The number of imide groups is 1. The molecule has 3 amide bonds. The molecule has 0 aliphatic carbocycles. The number of carbonyl (C=O) groups is 3. The Balaban J connectivity index is 1.71. The lowest BCUT2D eigenvalue weighted by Crippen LogP contribution is -2.37. The lowest BCUT2D eigenvalue weighted by Gasteiger charge is -2.15. The van der Waals surface area contributed by atoms with Gasteiger partial charge in [0.25, 0.3) is 11.8 Å². The molecule has 0 bridgehead atoms. The van der Waals surface area contributed by atoms with E-state index in [-0.39, 0.29) is 6.54 Å². The molecule has 1 aliphatic rings. The minimum atomic E-state index is -0.476. The fourth-order valence-electron chi connectivity index (χ4n) is 2.86. The van der Waals surface area contributed by atoms with Gasteiger partial charge in [0, 0.05) is 11.8 Å². The number of hydrogen-bond acceptors (Lipinski definition) is 5. The molecule has 27 heavy (non-hydrogen) atoms. The molecule has 1 aliphatic heterocycles. The Morgan fingerprint density at radius 3 is 2.11 bits per heavy atom. The van der Waals surface area contributed by atoms with Crippen LogP contribution >= 0.6 is 0 Å². The molecule has 0 aromatic heterocycles. The first kappa shape index (κ1) is 18.4. The van der Waals surface area contributed by atoms with E-state index >= 15 is 0 Å². The summed E-state index contributed by atoms with van der Waals surface area (Å²) in [5, 5.41) is 2.68. The Morgan fingerprint density at radius 2 is 1.52 bits per heavy atom. The molecule has 2 aromatic carbocycles. The van der Waals surface area contributed by atoms with Gasteiger partial charge in [-0.25, -0.2) is 0 Å². The molecule has 3 rings (SSSR count). The Bertz CT molecular complexity index is 859. The van der Waals surface area contributed by atoms with Crippen LogP contribution in [0.3, 0.4) is 0 Å². The van der Waals surface area contributed by atoms with Crippen molar-refractivity contribution in [2.45, 2.75) is 13.8 Å². The van der Waals surface area contributed by atoms with Gasteiger partial charge in [0.15, 0.2) is 11.5 Å². The summed E-state index contributed by atoms with van der Waals surface area (Å²) in [7, 11) is 0. The minimum absolute atomic E-state index is 0.315. The lowest BCUT2D eigenvalue weighted by molar-refractivity contribution is -0.116. The molecule has 2 aromatic rings. The lowest BCUT2D eigenvalue weighted by atomic mass is 10.1. The average molecular weight is 368 g/mol. The van der Waals surface area contributed by atoms with Gasteiger partial charge in [0.1, 0.15) is 6.54 Å². The monoisotopic (exact) mass is 368 g/mol. The fourth-order valence-corrected chi connectivity index (χ4v) is 2.86. The number of nitrogens with one attached hydrogen (secondary N) is 1. The van der Waals surface area contributed by atoms with Crippen LogP contribution in [0.15, 0.2) is 42.5 Å². The van der Waals surface area contributed by atoms with E-state index in [2.05, 4.69) is 5.32 Å². The highest BCUT2D eigenvalue weighted by Gasteiger charge is 2.36. The van der Waals surface area contributed by atoms with Gasteiger partial charge in [-0.2, -0.15) is 0 Å². The van der Waals surface area contributed by atoms with Crippen molar-refractivity contribution in [2.75, 3.05) is 25.1 Å². The Morgan fingerprint density at radius 1 is 0.926 bits per heavy atom. The van der Waals surface area contributed by atoms with Crippen LogP contribution in [-0.2, 0) is 4.79 Å². The summed E-state index contributed by atoms with van der Waals surface area (Å²) in [5.41, 5.74) is 1.12. The van der Waals surface area contributed by atoms with Crippen LogP contribution in [0.2, 0.25) is 0 Å². The summed E-state index contributed by atoms with van der Waals surface area (Å²) in [6.07, 6.45) is 0. The normalized spacial score (nSPS) is 12.7. The van der Waals surface area contributed by atoms with E-state index in [1.807, 2.05) is 13.8 Å². The maximum Gasteiger partial charge on any atom is 0.262 e. The van der Waals surface area contributed by atoms with E-state index in [1.54, 1.807) is 42.5 Å². The van der Waals surface area contributed by atoms with Gasteiger partial charge >= 0.3 is 0 Å². The van der Waals surface area contributed by atoms with Gasteiger partial charge in [-0.05, 0) is 38.1 Å². The maximum absolute atomic E-state index is 12.4. The van der Waals surface area contributed by atoms with Crippen LogP contribution in [0.25, 0.3) is 0 Å². The number of nitrogens with zero attached hydrogens (tertiary/aromatic N) is 1. The number of fused-ring (bicyclic) bond motifs is 1. The molecule has 1 N–H and O–H groups in total. The van der Waals surface area contributed by atoms with E-state index in [4.69, 9.17) is 9.47 Å². The van der Waals surface area contributed by atoms with Gasteiger partial charge in [-0.3, -0.25) is 19.3 Å². The number of benzene rings is 2. The standard InChI is InChI=1S/C20H20N2O5/c1-3-26-16-10-9-13(11-17(16)27-4-2)21-18(23)12-22-19(24)14-7-5-6-8-15(14)20(22)25/h5-11H,3-4,12H2,1-2H3,(H,21,23). The quantitative estimate of drug-likeness (QED) is 0.760. The molecule has 0 radical (unpaired) electrons. The van der Waals surface area contributed by atoms with Crippen molar-refractivity contribution in [3.05, 3.63) is 53.6 Å². The highest BCUT2D eigenvalue weighted by atomic mass is 16.5. The molecule has 0 saturated heterocycles. The maximum atomic E-state index is 12.4. The zero-order chi connectivity index (χ0) is 19.4. The van der Waals surface area contributed by atoms with Crippen molar-refractivity contribution < 1.29 is 23.9 Å². The number of ether oxygens (including phenoxy) is 2. The van der Waals surface area contributed by atoms with Gasteiger partial charge < -0.3 is 14.8 Å². The number of amides is 3. The number of anilines is 1. The summed E-state index contributed by atoms with van der Waals surface area (Å²) < 4.78 is 11.0. The first-order valence-electron chi connectivity index (χ1n) is 8.69. The molecule has 0 saturated carbocycles. The van der Waals surface area contributed by atoms with E-state index in [0.717, 1.165) is 4.90 Å². The molecular weight excluding hydrogens is 348 g/mol. The van der Waals surface area contributed by atoms with Crippen LogP contribution in [0.5, 0.6) is 11.5 Å². The zero-order valence-electron chi connectivity index (χ0n) is 15.2. The molecule has 7 heteroatoms. The highest BCUT2D eigenvalue weighted by molar-refractivity contribution is 6.22. The summed E-state index contributed by atoms with van der Waals surface area (Å²) in [6.45, 7) is 4.30. The smallest absolute Gasteiger partial charge is 0.262 e. The summed E-state index contributed by atoms with van der Waals surface area (Å²) >= 11 is 0. The molecule has 7 nitrogen and oxygen atoms in total. The average Bonchev–Trinajstić information content (AvgIpc) is 2.89. The number of rotatable bonds is 7. The summed E-state index contributed by atoms with van der Waals surface area (Å²) in [5.74, 6) is -0.313. The Labute approximate surface area is 156 Å². The summed E-state index contributed by atoms with van der Waals surface area (Å²) in [6, 6.07) is 11.5. The first-order valence-corrected chi connectivity index (χ1v) is 8.69. The summed E-state index contributed by atoms with van der Waals surface area (Å²) in [4.78, 5) is 38.0. The van der Waals surface area contributed by atoms with Crippen LogP contribution < -0.4 is 14.8 Å². The highest BCUT2D eigenvalue weighted by Crippen LogP contribution is 2.30. The van der Waals surface area contributed by atoms with E-state index < -0.39 is 17.7 Å². The van der Waals surface area contributed by atoms with Gasteiger partial charge in [-0.15, -0.1) is 0 Å².